The second kappa shape index (κ2) is 7.57. The van der Waals surface area contributed by atoms with Crippen molar-refractivity contribution >= 4 is 11.8 Å². The number of amides is 2. The molecule has 0 saturated carbocycles. The molecule has 2 aliphatic heterocycles. The lowest BCUT2D eigenvalue weighted by Crippen LogP contribution is -2.46. The first-order valence-electron chi connectivity index (χ1n) is 9.86. The monoisotopic (exact) mass is 402 g/mol. The molecule has 1 aromatic heterocycles. The van der Waals surface area contributed by atoms with Crippen LogP contribution in [-0.4, -0.2) is 57.0 Å². The van der Waals surface area contributed by atoms with Crippen molar-refractivity contribution in [3.63, 3.8) is 0 Å². The number of rotatable bonds is 3. The number of aromatic nitrogens is 2. The van der Waals surface area contributed by atoms with E-state index in [-0.39, 0.29) is 50.2 Å². The molecule has 1 fully saturated rings. The van der Waals surface area contributed by atoms with Gasteiger partial charge in [0.25, 0.3) is 11.8 Å². The van der Waals surface area contributed by atoms with Crippen LogP contribution in [0.15, 0.2) is 36.5 Å². The van der Waals surface area contributed by atoms with Gasteiger partial charge in [-0.25, -0.2) is 8.78 Å². The van der Waals surface area contributed by atoms with Crippen LogP contribution < -0.4 is 0 Å². The summed E-state index contributed by atoms with van der Waals surface area (Å²) in [7, 11) is 0. The molecule has 154 valence electrons. The molecule has 2 aromatic rings. The Bertz CT molecular complexity index is 917. The maximum atomic E-state index is 13.4. The van der Waals surface area contributed by atoms with E-state index in [1.54, 1.807) is 21.8 Å². The summed E-state index contributed by atoms with van der Waals surface area (Å²) in [4.78, 5) is 29.0. The summed E-state index contributed by atoms with van der Waals surface area (Å²) in [6.45, 7) is 2.85. The molecule has 29 heavy (non-hydrogen) atoms. The van der Waals surface area contributed by atoms with Crippen LogP contribution in [-0.2, 0) is 11.3 Å². The van der Waals surface area contributed by atoms with E-state index < -0.39 is 5.92 Å². The van der Waals surface area contributed by atoms with E-state index >= 15 is 0 Å². The Hall–Kier alpha value is -2.77. The molecule has 0 bridgehead atoms. The van der Waals surface area contributed by atoms with Crippen molar-refractivity contribution in [2.75, 3.05) is 19.6 Å². The smallest absolute Gasteiger partial charge is 0.254 e. The van der Waals surface area contributed by atoms with Crippen LogP contribution in [0, 0.1) is 6.92 Å². The van der Waals surface area contributed by atoms with E-state index in [9.17, 15) is 18.4 Å². The Balaban J connectivity index is 1.48. The van der Waals surface area contributed by atoms with Crippen molar-refractivity contribution in [2.45, 2.75) is 44.7 Å². The number of hydrogen-bond acceptors (Lipinski definition) is 3. The number of likely N-dealkylation sites (tertiary alicyclic amines) is 1. The first-order chi connectivity index (χ1) is 13.8. The number of nitrogens with zero attached hydrogens (tertiary/aromatic N) is 4. The van der Waals surface area contributed by atoms with Gasteiger partial charge in [-0.3, -0.25) is 14.3 Å². The average Bonchev–Trinajstić information content (AvgIpc) is 3.16. The average molecular weight is 402 g/mol. The summed E-state index contributed by atoms with van der Waals surface area (Å²) >= 11 is 0. The standard InChI is InChI=1S/C21H24F2N4O2/c1-15-3-2-4-16(11-15)20(29)26-13-17-5-8-24-27(17)18(14-26)12-19(28)25-9-6-21(22,23)7-10-25/h2-5,8,11,18H,6-7,9-10,12-14H2,1H3/t18-/m0/s1. The Labute approximate surface area is 168 Å². The van der Waals surface area contributed by atoms with E-state index in [1.165, 1.54) is 4.90 Å². The third-order valence-electron chi connectivity index (χ3n) is 5.69. The zero-order valence-corrected chi connectivity index (χ0v) is 16.4. The minimum Gasteiger partial charge on any atom is -0.342 e. The number of alkyl halides is 2. The van der Waals surface area contributed by atoms with Gasteiger partial charge in [-0.2, -0.15) is 5.10 Å². The number of benzene rings is 1. The van der Waals surface area contributed by atoms with Crippen molar-refractivity contribution in [3.8, 4) is 0 Å². The minimum atomic E-state index is -2.69. The number of hydrogen-bond donors (Lipinski definition) is 0. The van der Waals surface area contributed by atoms with Crippen LogP contribution in [0.25, 0.3) is 0 Å². The van der Waals surface area contributed by atoms with Crippen molar-refractivity contribution in [1.29, 1.82) is 0 Å². The summed E-state index contributed by atoms with van der Waals surface area (Å²) < 4.78 is 28.6. The van der Waals surface area contributed by atoms with E-state index in [0.717, 1.165) is 11.3 Å². The van der Waals surface area contributed by atoms with Gasteiger partial charge in [0, 0.05) is 44.2 Å². The highest BCUT2D eigenvalue weighted by Crippen LogP contribution is 2.30. The van der Waals surface area contributed by atoms with Crippen LogP contribution in [0.2, 0.25) is 0 Å². The molecular weight excluding hydrogens is 378 g/mol. The second-order valence-corrected chi connectivity index (χ2v) is 7.92. The molecule has 0 N–H and O–H groups in total. The zero-order valence-electron chi connectivity index (χ0n) is 16.4. The molecule has 6 nitrogen and oxygen atoms in total. The molecule has 2 amide bonds. The zero-order chi connectivity index (χ0) is 20.6. The summed E-state index contributed by atoms with van der Waals surface area (Å²) in [5.41, 5.74) is 2.48. The van der Waals surface area contributed by atoms with E-state index in [2.05, 4.69) is 5.10 Å². The third-order valence-corrected chi connectivity index (χ3v) is 5.69. The molecule has 1 saturated heterocycles. The molecule has 0 radical (unpaired) electrons. The summed E-state index contributed by atoms with van der Waals surface area (Å²) in [5, 5.41) is 4.33. The second-order valence-electron chi connectivity index (χ2n) is 7.92. The molecule has 0 aliphatic carbocycles. The topological polar surface area (TPSA) is 58.4 Å². The Morgan fingerprint density at radius 2 is 1.93 bits per heavy atom. The molecule has 4 rings (SSSR count). The molecule has 2 aliphatic rings. The van der Waals surface area contributed by atoms with Gasteiger partial charge < -0.3 is 9.80 Å². The first-order valence-corrected chi connectivity index (χ1v) is 9.86. The van der Waals surface area contributed by atoms with Gasteiger partial charge in [0.2, 0.25) is 5.91 Å². The van der Waals surface area contributed by atoms with Crippen LogP contribution in [0.3, 0.4) is 0 Å². The van der Waals surface area contributed by atoms with Gasteiger partial charge >= 0.3 is 0 Å². The van der Waals surface area contributed by atoms with E-state index in [4.69, 9.17) is 0 Å². The SMILES string of the molecule is Cc1cccc(C(=O)N2Cc3ccnn3[C@@H](CC(=O)N3CCC(F)(F)CC3)C2)c1. The summed E-state index contributed by atoms with van der Waals surface area (Å²) in [5.74, 6) is -2.94. The largest absolute Gasteiger partial charge is 0.342 e. The van der Waals surface area contributed by atoms with Crippen LogP contribution in [0.1, 0.15) is 46.9 Å². The van der Waals surface area contributed by atoms with Gasteiger partial charge in [0.1, 0.15) is 0 Å². The number of halogens is 2. The Morgan fingerprint density at radius 3 is 2.66 bits per heavy atom. The van der Waals surface area contributed by atoms with Gasteiger partial charge in [-0.1, -0.05) is 17.7 Å². The molecule has 8 heteroatoms. The fraction of sp³-hybridized carbons (Fsp3) is 0.476. The normalized spacial score (nSPS) is 21.0. The fourth-order valence-electron chi connectivity index (χ4n) is 4.07. The highest BCUT2D eigenvalue weighted by atomic mass is 19.3. The molecule has 0 unspecified atom stereocenters. The Kier molecular flexibility index (Phi) is 5.10. The van der Waals surface area contributed by atoms with Crippen molar-refractivity contribution in [1.82, 2.24) is 19.6 Å². The van der Waals surface area contributed by atoms with Crippen molar-refractivity contribution in [2.24, 2.45) is 0 Å². The van der Waals surface area contributed by atoms with Crippen LogP contribution in [0.4, 0.5) is 8.78 Å². The highest BCUT2D eigenvalue weighted by Gasteiger charge is 2.37. The highest BCUT2D eigenvalue weighted by molar-refractivity contribution is 5.94. The van der Waals surface area contributed by atoms with Gasteiger partial charge in [-0.15, -0.1) is 0 Å². The van der Waals surface area contributed by atoms with Gasteiger partial charge in [0.15, 0.2) is 0 Å². The molecule has 1 aromatic carbocycles. The van der Waals surface area contributed by atoms with Gasteiger partial charge in [-0.05, 0) is 25.1 Å². The predicted molar refractivity (Wildman–Crippen MR) is 103 cm³/mol. The predicted octanol–water partition coefficient (Wildman–Crippen LogP) is 3.04. The summed E-state index contributed by atoms with van der Waals surface area (Å²) in [6, 6.07) is 8.96. The molecule has 3 heterocycles. The molecule has 1 atom stereocenters. The maximum absolute atomic E-state index is 13.4. The Morgan fingerprint density at radius 1 is 1.17 bits per heavy atom. The number of aryl methyl sites for hydroxylation is 1. The number of carbonyl (C=O) groups is 2. The summed E-state index contributed by atoms with van der Waals surface area (Å²) in [6.07, 6.45) is 1.20. The van der Waals surface area contributed by atoms with Crippen molar-refractivity contribution < 1.29 is 18.4 Å². The fourth-order valence-corrected chi connectivity index (χ4v) is 4.07. The van der Waals surface area contributed by atoms with E-state index in [0.29, 0.717) is 18.7 Å². The van der Waals surface area contributed by atoms with Crippen molar-refractivity contribution in [3.05, 3.63) is 53.3 Å². The van der Waals surface area contributed by atoms with Crippen LogP contribution >= 0.6 is 0 Å². The lowest BCUT2D eigenvalue weighted by molar-refractivity contribution is -0.138. The molecule has 0 spiro atoms. The first kappa shape index (κ1) is 19.5. The number of fused-ring (bicyclic) bond motifs is 1. The molecular formula is C21H24F2N4O2. The quantitative estimate of drug-likeness (QED) is 0.793. The van der Waals surface area contributed by atoms with Crippen LogP contribution in [0.5, 0.6) is 0 Å². The minimum absolute atomic E-state index is 0.0659. The van der Waals surface area contributed by atoms with Gasteiger partial charge in [0.05, 0.1) is 24.7 Å². The third kappa shape index (κ3) is 4.16. The lowest BCUT2D eigenvalue weighted by Gasteiger charge is -2.36. The number of carbonyl (C=O) groups excluding carboxylic acids is 2. The number of piperidine rings is 1. The maximum Gasteiger partial charge on any atom is 0.254 e. The van der Waals surface area contributed by atoms with E-state index in [1.807, 2.05) is 31.2 Å². The lowest BCUT2D eigenvalue weighted by atomic mass is 10.0.